The van der Waals surface area contributed by atoms with Gasteiger partial charge in [0.05, 0.1) is 0 Å². The first-order chi connectivity index (χ1) is 7.36. The highest BCUT2D eigenvalue weighted by Crippen LogP contribution is 2.28. The Balaban J connectivity index is 2.53. The molecule has 0 unspecified atom stereocenters. The summed E-state index contributed by atoms with van der Waals surface area (Å²) in [7, 11) is 0. The van der Waals surface area contributed by atoms with Crippen LogP contribution in [0.15, 0.2) is 42.1 Å². The molecule has 1 aromatic rings. The van der Waals surface area contributed by atoms with Crippen molar-refractivity contribution in [2.45, 2.75) is 26.8 Å². The monoisotopic (exact) mass is 199 g/mol. The van der Waals surface area contributed by atoms with Crippen molar-refractivity contribution in [2.75, 3.05) is 0 Å². The Morgan fingerprint density at radius 1 is 1.33 bits per heavy atom. The molecule has 1 N–H and O–H groups in total. The van der Waals surface area contributed by atoms with Gasteiger partial charge in [0.2, 0.25) is 0 Å². The molecular weight excluding hydrogens is 182 g/mol. The number of benzene rings is 1. The molecule has 1 aromatic carbocycles. The summed E-state index contributed by atoms with van der Waals surface area (Å²) in [5.74, 6) is 0. The standard InChI is InChI=1S/C14H17N/c1-3-7-14-12(4-2)13-9-6-5-8-11(13)10-15-14/h3,5-9,15H,4,10H2,1-2H3. The topological polar surface area (TPSA) is 12.0 Å². The van der Waals surface area contributed by atoms with Gasteiger partial charge in [0, 0.05) is 12.2 Å². The molecule has 2 rings (SSSR count). The maximum Gasteiger partial charge on any atom is 0.0406 e. The third-order valence-corrected chi connectivity index (χ3v) is 2.82. The molecule has 15 heavy (non-hydrogen) atoms. The predicted octanol–water partition coefficient (Wildman–Crippen LogP) is 3.49. The molecular formula is C14H17N. The van der Waals surface area contributed by atoms with E-state index in [0.717, 1.165) is 13.0 Å². The van der Waals surface area contributed by atoms with Gasteiger partial charge in [-0.25, -0.2) is 0 Å². The Hall–Kier alpha value is -1.50. The highest BCUT2D eigenvalue weighted by molar-refractivity contribution is 5.74. The summed E-state index contributed by atoms with van der Waals surface area (Å²) < 4.78 is 0. The van der Waals surface area contributed by atoms with Gasteiger partial charge < -0.3 is 5.32 Å². The largest absolute Gasteiger partial charge is 0.381 e. The van der Waals surface area contributed by atoms with Crippen LogP contribution in [0.25, 0.3) is 5.57 Å². The van der Waals surface area contributed by atoms with E-state index in [-0.39, 0.29) is 0 Å². The van der Waals surface area contributed by atoms with Gasteiger partial charge >= 0.3 is 0 Å². The van der Waals surface area contributed by atoms with Gasteiger partial charge in [-0.1, -0.05) is 37.3 Å². The molecule has 0 aromatic heterocycles. The fourth-order valence-electron chi connectivity index (χ4n) is 2.12. The van der Waals surface area contributed by atoms with Crippen LogP contribution in [0, 0.1) is 0 Å². The third kappa shape index (κ3) is 1.82. The summed E-state index contributed by atoms with van der Waals surface area (Å²) in [6.07, 6.45) is 5.32. The Morgan fingerprint density at radius 2 is 2.13 bits per heavy atom. The molecule has 0 amide bonds. The van der Waals surface area contributed by atoms with Crippen molar-refractivity contribution >= 4 is 5.57 Å². The van der Waals surface area contributed by atoms with E-state index in [1.807, 2.05) is 0 Å². The van der Waals surface area contributed by atoms with E-state index in [9.17, 15) is 0 Å². The molecule has 0 saturated carbocycles. The molecule has 0 bridgehead atoms. The summed E-state index contributed by atoms with van der Waals surface area (Å²) in [4.78, 5) is 0. The van der Waals surface area contributed by atoms with E-state index in [4.69, 9.17) is 0 Å². The lowest BCUT2D eigenvalue weighted by Gasteiger charge is -2.22. The molecule has 1 aliphatic heterocycles. The fourth-order valence-corrected chi connectivity index (χ4v) is 2.12. The molecule has 1 heterocycles. The van der Waals surface area contributed by atoms with Crippen molar-refractivity contribution in [1.82, 2.24) is 5.32 Å². The van der Waals surface area contributed by atoms with Gasteiger partial charge in [0.15, 0.2) is 0 Å². The number of nitrogens with one attached hydrogen (secondary N) is 1. The highest BCUT2D eigenvalue weighted by atomic mass is 14.9. The van der Waals surface area contributed by atoms with E-state index in [1.165, 1.54) is 22.4 Å². The average molecular weight is 199 g/mol. The van der Waals surface area contributed by atoms with Crippen LogP contribution in [0.3, 0.4) is 0 Å². The SMILES string of the molecule is CC=CC1=C(CC)c2ccccc2CN1. The van der Waals surface area contributed by atoms with Crippen LogP contribution in [0.1, 0.15) is 31.4 Å². The minimum absolute atomic E-state index is 0.944. The molecule has 0 aliphatic carbocycles. The van der Waals surface area contributed by atoms with Crippen molar-refractivity contribution in [1.29, 1.82) is 0 Å². The van der Waals surface area contributed by atoms with Crippen LogP contribution < -0.4 is 5.32 Å². The molecule has 1 nitrogen and oxygen atoms in total. The number of hydrogen-bond donors (Lipinski definition) is 1. The van der Waals surface area contributed by atoms with Gasteiger partial charge in [0.1, 0.15) is 0 Å². The second-order valence-corrected chi connectivity index (χ2v) is 3.76. The quantitative estimate of drug-likeness (QED) is 0.768. The molecule has 0 fully saturated rings. The first-order valence-electron chi connectivity index (χ1n) is 5.54. The van der Waals surface area contributed by atoms with Crippen LogP contribution in [0.2, 0.25) is 0 Å². The van der Waals surface area contributed by atoms with Gasteiger partial charge in [-0.2, -0.15) is 0 Å². The van der Waals surface area contributed by atoms with Gasteiger partial charge in [-0.3, -0.25) is 0 Å². The predicted molar refractivity (Wildman–Crippen MR) is 65.3 cm³/mol. The minimum Gasteiger partial charge on any atom is -0.381 e. The summed E-state index contributed by atoms with van der Waals surface area (Å²) >= 11 is 0. The van der Waals surface area contributed by atoms with Crippen LogP contribution in [0.4, 0.5) is 0 Å². The number of rotatable bonds is 2. The van der Waals surface area contributed by atoms with Gasteiger partial charge in [-0.05, 0) is 36.1 Å². The molecule has 0 saturated heterocycles. The lowest BCUT2D eigenvalue weighted by molar-refractivity contribution is 0.808. The van der Waals surface area contributed by atoms with Crippen molar-refractivity contribution in [3.05, 3.63) is 53.2 Å². The number of fused-ring (bicyclic) bond motifs is 1. The van der Waals surface area contributed by atoms with E-state index in [2.05, 4.69) is 55.6 Å². The molecule has 1 aliphatic rings. The van der Waals surface area contributed by atoms with E-state index in [1.54, 1.807) is 0 Å². The molecule has 0 radical (unpaired) electrons. The van der Waals surface area contributed by atoms with Gasteiger partial charge in [-0.15, -0.1) is 0 Å². The second-order valence-electron chi connectivity index (χ2n) is 3.76. The first kappa shape index (κ1) is 10.0. The van der Waals surface area contributed by atoms with Crippen molar-refractivity contribution < 1.29 is 0 Å². The first-order valence-corrected chi connectivity index (χ1v) is 5.54. The van der Waals surface area contributed by atoms with Crippen LogP contribution >= 0.6 is 0 Å². The summed E-state index contributed by atoms with van der Waals surface area (Å²) in [6.45, 7) is 5.21. The summed E-state index contributed by atoms with van der Waals surface area (Å²) in [5.41, 5.74) is 5.52. The average Bonchev–Trinajstić information content (AvgIpc) is 2.29. The zero-order valence-electron chi connectivity index (χ0n) is 9.38. The Kier molecular flexibility index (Phi) is 2.91. The van der Waals surface area contributed by atoms with Crippen LogP contribution in [-0.2, 0) is 6.54 Å². The normalized spacial score (nSPS) is 15.3. The minimum atomic E-state index is 0.944. The fraction of sp³-hybridized carbons (Fsp3) is 0.286. The summed E-state index contributed by atoms with van der Waals surface area (Å²) in [6, 6.07) is 8.64. The van der Waals surface area contributed by atoms with Crippen LogP contribution in [0.5, 0.6) is 0 Å². The number of hydrogen-bond acceptors (Lipinski definition) is 1. The maximum absolute atomic E-state index is 3.47. The van der Waals surface area contributed by atoms with Gasteiger partial charge in [0.25, 0.3) is 0 Å². The van der Waals surface area contributed by atoms with Crippen LogP contribution in [-0.4, -0.2) is 0 Å². The molecule has 1 heteroatoms. The third-order valence-electron chi connectivity index (χ3n) is 2.82. The summed E-state index contributed by atoms with van der Waals surface area (Å²) in [5, 5.41) is 3.47. The van der Waals surface area contributed by atoms with Crippen molar-refractivity contribution in [3.8, 4) is 0 Å². The highest BCUT2D eigenvalue weighted by Gasteiger charge is 2.14. The Bertz CT molecular complexity index is 413. The second kappa shape index (κ2) is 4.35. The zero-order valence-corrected chi connectivity index (χ0v) is 9.38. The zero-order chi connectivity index (χ0) is 10.7. The molecule has 0 atom stereocenters. The van der Waals surface area contributed by atoms with Crippen molar-refractivity contribution in [2.24, 2.45) is 0 Å². The lowest BCUT2D eigenvalue weighted by atomic mass is 9.93. The maximum atomic E-state index is 3.47. The molecule has 78 valence electrons. The smallest absolute Gasteiger partial charge is 0.0406 e. The number of allylic oxidation sites excluding steroid dienone is 3. The Labute approximate surface area is 91.5 Å². The Morgan fingerprint density at radius 3 is 2.87 bits per heavy atom. The van der Waals surface area contributed by atoms with Crippen molar-refractivity contribution in [3.63, 3.8) is 0 Å². The van der Waals surface area contributed by atoms with E-state index in [0.29, 0.717) is 0 Å². The molecule has 0 spiro atoms. The van der Waals surface area contributed by atoms with E-state index < -0.39 is 0 Å². The lowest BCUT2D eigenvalue weighted by Crippen LogP contribution is -2.19. The van der Waals surface area contributed by atoms with E-state index >= 15 is 0 Å².